The van der Waals surface area contributed by atoms with Crippen LogP contribution in [0.5, 0.6) is 5.75 Å². The van der Waals surface area contributed by atoms with Crippen LogP contribution < -0.4 is 4.74 Å². The van der Waals surface area contributed by atoms with E-state index in [2.05, 4.69) is 15.9 Å². The Morgan fingerprint density at radius 2 is 2.22 bits per heavy atom. The van der Waals surface area contributed by atoms with E-state index in [1.807, 2.05) is 0 Å². The van der Waals surface area contributed by atoms with Crippen molar-refractivity contribution < 1.29 is 18.3 Å². The van der Waals surface area contributed by atoms with Gasteiger partial charge < -0.3 is 9.84 Å². The smallest absolute Gasteiger partial charge is 0.243 e. The number of hydrogen-bond donors (Lipinski definition) is 1. The summed E-state index contributed by atoms with van der Waals surface area (Å²) >= 11 is 3.26. The number of benzene rings is 1. The molecule has 1 atom stereocenters. The third kappa shape index (κ3) is 2.54. The maximum Gasteiger partial charge on any atom is 0.243 e. The topological polar surface area (TPSA) is 66.8 Å². The third-order valence-electron chi connectivity index (χ3n) is 2.89. The predicted molar refractivity (Wildman–Crippen MR) is 70.1 cm³/mol. The Balaban J connectivity index is 2.33. The van der Waals surface area contributed by atoms with E-state index in [1.54, 1.807) is 6.07 Å². The van der Waals surface area contributed by atoms with E-state index < -0.39 is 16.1 Å². The average Bonchev–Trinajstić information content (AvgIpc) is 2.76. The molecule has 1 aliphatic rings. The summed E-state index contributed by atoms with van der Waals surface area (Å²) in [6.45, 7) is 0.513. The Labute approximate surface area is 115 Å². The molecule has 0 unspecified atom stereocenters. The van der Waals surface area contributed by atoms with Gasteiger partial charge in [-0.25, -0.2) is 8.42 Å². The van der Waals surface area contributed by atoms with E-state index in [9.17, 15) is 13.5 Å². The molecule has 0 aliphatic carbocycles. The van der Waals surface area contributed by atoms with Crippen LogP contribution in [0.3, 0.4) is 0 Å². The Morgan fingerprint density at radius 1 is 1.50 bits per heavy atom. The van der Waals surface area contributed by atoms with E-state index in [4.69, 9.17) is 4.74 Å². The normalized spacial score (nSPS) is 21.2. The van der Waals surface area contributed by atoms with Gasteiger partial charge in [0.2, 0.25) is 10.0 Å². The Bertz CT molecular complexity index is 546. The second kappa shape index (κ2) is 5.16. The Hall–Kier alpha value is -0.630. The van der Waals surface area contributed by atoms with Gasteiger partial charge in [-0.15, -0.1) is 0 Å². The molecular weight excluding hydrogens is 322 g/mol. The zero-order chi connectivity index (χ0) is 13.3. The maximum absolute atomic E-state index is 12.3. The minimum Gasteiger partial charge on any atom is -0.496 e. The summed E-state index contributed by atoms with van der Waals surface area (Å²) in [6.07, 6.45) is -0.0854. The lowest BCUT2D eigenvalue weighted by Crippen LogP contribution is -2.29. The number of halogens is 1. The predicted octanol–water partition coefficient (Wildman–Crippen LogP) is 1.21. The molecule has 0 spiro atoms. The summed E-state index contributed by atoms with van der Waals surface area (Å²) in [7, 11) is -2.01. The van der Waals surface area contributed by atoms with Crippen molar-refractivity contribution in [2.24, 2.45) is 0 Å². The zero-order valence-corrected chi connectivity index (χ0v) is 12.2. The van der Waals surface area contributed by atoms with Crippen molar-refractivity contribution in [2.45, 2.75) is 17.4 Å². The van der Waals surface area contributed by atoms with Crippen molar-refractivity contribution in [1.82, 2.24) is 4.31 Å². The minimum atomic E-state index is -3.53. The number of aliphatic hydroxyl groups excluding tert-OH is 1. The van der Waals surface area contributed by atoms with Crippen LogP contribution in [0.4, 0.5) is 0 Å². The van der Waals surface area contributed by atoms with Crippen LogP contribution in [0.25, 0.3) is 0 Å². The Kier molecular flexibility index (Phi) is 3.96. The molecule has 1 fully saturated rings. The van der Waals surface area contributed by atoms with Gasteiger partial charge in [0, 0.05) is 13.1 Å². The highest BCUT2D eigenvalue weighted by Crippen LogP contribution is 2.29. The van der Waals surface area contributed by atoms with Gasteiger partial charge in [-0.1, -0.05) is 0 Å². The fourth-order valence-corrected chi connectivity index (χ4v) is 4.10. The van der Waals surface area contributed by atoms with Gasteiger partial charge >= 0.3 is 0 Å². The number of sulfonamides is 1. The highest BCUT2D eigenvalue weighted by atomic mass is 79.9. The average molecular weight is 336 g/mol. The van der Waals surface area contributed by atoms with Crippen LogP contribution in [0, 0.1) is 0 Å². The van der Waals surface area contributed by atoms with Crippen molar-refractivity contribution >= 4 is 26.0 Å². The van der Waals surface area contributed by atoms with E-state index in [0.717, 1.165) is 0 Å². The zero-order valence-electron chi connectivity index (χ0n) is 9.84. The monoisotopic (exact) mass is 335 g/mol. The molecule has 1 heterocycles. The molecular formula is C11H14BrNO4S. The number of β-amino-alcohol motifs (C(OH)–C–C–N with tert-alkyl or cyclic N) is 1. The van der Waals surface area contributed by atoms with Crippen LogP contribution in [0.1, 0.15) is 6.42 Å². The molecule has 1 aromatic carbocycles. The fraction of sp³-hybridized carbons (Fsp3) is 0.455. The molecule has 100 valence electrons. The number of ether oxygens (including phenoxy) is 1. The number of hydrogen-bond acceptors (Lipinski definition) is 4. The van der Waals surface area contributed by atoms with Crippen molar-refractivity contribution in [3.63, 3.8) is 0 Å². The highest BCUT2D eigenvalue weighted by molar-refractivity contribution is 9.10. The first-order valence-corrected chi connectivity index (χ1v) is 7.70. The van der Waals surface area contributed by atoms with Gasteiger partial charge in [0.05, 0.1) is 22.6 Å². The largest absolute Gasteiger partial charge is 0.496 e. The van der Waals surface area contributed by atoms with Gasteiger partial charge in [0.15, 0.2) is 0 Å². The lowest BCUT2D eigenvalue weighted by atomic mass is 10.3. The Morgan fingerprint density at radius 3 is 2.72 bits per heavy atom. The molecule has 1 aromatic rings. The summed E-state index contributed by atoms with van der Waals surface area (Å²) in [5.74, 6) is 0.579. The number of methoxy groups -OCH3 is 1. The van der Waals surface area contributed by atoms with E-state index >= 15 is 0 Å². The first-order chi connectivity index (χ1) is 8.45. The molecule has 18 heavy (non-hydrogen) atoms. The van der Waals surface area contributed by atoms with Gasteiger partial charge in [0.1, 0.15) is 5.75 Å². The molecule has 1 aliphatic heterocycles. The lowest BCUT2D eigenvalue weighted by Gasteiger charge is -2.16. The highest BCUT2D eigenvalue weighted by Gasteiger charge is 2.31. The standard InChI is InChI=1S/C11H14BrNO4S/c1-17-11-3-2-9(6-10(11)12)18(15,16)13-5-4-8(14)7-13/h2-3,6,8,14H,4-5,7H2,1H3/t8-/m0/s1. The van der Waals surface area contributed by atoms with Crippen LogP contribution >= 0.6 is 15.9 Å². The fourth-order valence-electron chi connectivity index (χ4n) is 1.89. The maximum atomic E-state index is 12.3. The molecule has 1 saturated heterocycles. The van der Waals surface area contributed by atoms with Crippen molar-refractivity contribution in [3.8, 4) is 5.75 Å². The van der Waals surface area contributed by atoms with Crippen LogP contribution in [0.2, 0.25) is 0 Å². The molecule has 1 N–H and O–H groups in total. The summed E-state index contributed by atoms with van der Waals surface area (Å²) in [5, 5.41) is 9.41. The van der Waals surface area contributed by atoms with Crippen LogP contribution in [-0.2, 0) is 10.0 Å². The van der Waals surface area contributed by atoms with E-state index in [0.29, 0.717) is 23.2 Å². The first kappa shape index (κ1) is 13.8. The summed E-state index contributed by atoms with van der Waals surface area (Å²) in [5.41, 5.74) is 0. The minimum absolute atomic E-state index is 0.159. The molecule has 0 radical (unpaired) electrons. The summed E-state index contributed by atoms with van der Waals surface area (Å²) in [6, 6.07) is 4.62. The van der Waals surface area contributed by atoms with Crippen LogP contribution in [0.15, 0.2) is 27.6 Å². The SMILES string of the molecule is COc1ccc(S(=O)(=O)N2CC[C@H](O)C2)cc1Br. The third-order valence-corrected chi connectivity index (χ3v) is 5.37. The number of nitrogens with zero attached hydrogens (tertiary/aromatic N) is 1. The molecule has 0 aromatic heterocycles. The van der Waals surface area contributed by atoms with Crippen LogP contribution in [-0.4, -0.2) is 44.1 Å². The second-order valence-electron chi connectivity index (χ2n) is 4.10. The molecule has 2 rings (SSSR count). The summed E-state index contributed by atoms with van der Waals surface area (Å²) in [4.78, 5) is 0.198. The lowest BCUT2D eigenvalue weighted by molar-refractivity contribution is 0.189. The summed E-state index contributed by atoms with van der Waals surface area (Å²) < 4.78 is 31.5. The van der Waals surface area contributed by atoms with Gasteiger partial charge in [-0.2, -0.15) is 4.31 Å². The van der Waals surface area contributed by atoms with E-state index in [1.165, 1.54) is 23.5 Å². The number of rotatable bonds is 3. The van der Waals surface area contributed by atoms with Gasteiger partial charge in [-0.05, 0) is 40.5 Å². The molecule has 0 bridgehead atoms. The van der Waals surface area contributed by atoms with Gasteiger partial charge in [-0.3, -0.25) is 0 Å². The quantitative estimate of drug-likeness (QED) is 0.901. The molecule has 5 nitrogen and oxygen atoms in total. The first-order valence-electron chi connectivity index (χ1n) is 5.47. The second-order valence-corrected chi connectivity index (χ2v) is 6.89. The van der Waals surface area contributed by atoms with Gasteiger partial charge in [0.25, 0.3) is 0 Å². The van der Waals surface area contributed by atoms with E-state index in [-0.39, 0.29) is 11.4 Å². The molecule has 7 heteroatoms. The van der Waals surface area contributed by atoms with Crippen molar-refractivity contribution in [1.29, 1.82) is 0 Å². The number of aliphatic hydroxyl groups is 1. The molecule has 0 saturated carbocycles. The van der Waals surface area contributed by atoms with Crippen molar-refractivity contribution in [3.05, 3.63) is 22.7 Å². The molecule has 0 amide bonds. The van der Waals surface area contributed by atoms with Crippen molar-refractivity contribution in [2.75, 3.05) is 20.2 Å².